The number of carbonyl (C=O) groups is 1. The van der Waals surface area contributed by atoms with Gasteiger partial charge >= 0.3 is 0 Å². The molecule has 0 saturated carbocycles. The standard InChI is InChI=1S/C22H26F2N2O4S/c1-16(2)17-3-5-18(6-4-17)30-14-9-22(27)25-10-12-26(13-11-25)31(28,29)19-7-8-20(23)21(24)15-19/h3-8,15-16H,9-14H2,1-2H3. The Hall–Kier alpha value is -2.52. The fourth-order valence-corrected chi connectivity index (χ4v) is 4.76. The maximum absolute atomic E-state index is 13.4. The summed E-state index contributed by atoms with van der Waals surface area (Å²) < 4.78 is 58.6. The van der Waals surface area contributed by atoms with Crippen LogP contribution in [0.25, 0.3) is 0 Å². The average Bonchev–Trinajstić information content (AvgIpc) is 2.76. The zero-order valence-corrected chi connectivity index (χ0v) is 18.4. The molecule has 1 heterocycles. The van der Waals surface area contributed by atoms with Gasteiger partial charge in [-0.15, -0.1) is 0 Å². The number of nitrogens with zero attached hydrogens (tertiary/aromatic N) is 2. The van der Waals surface area contributed by atoms with Crippen LogP contribution in [0.1, 0.15) is 31.7 Å². The monoisotopic (exact) mass is 452 g/mol. The maximum atomic E-state index is 13.4. The SMILES string of the molecule is CC(C)c1ccc(OCCC(=O)N2CCN(S(=O)(=O)c3ccc(F)c(F)c3)CC2)cc1. The lowest BCUT2D eigenvalue weighted by Gasteiger charge is -2.34. The molecule has 1 amide bonds. The zero-order chi connectivity index (χ0) is 22.6. The molecule has 0 radical (unpaired) electrons. The number of rotatable bonds is 7. The van der Waals surface area contributed by atoms with Crippen LogP contribution in [-0.4, -0.2) is 56.3 Å². The molecule has 2 aromatic carbocycles. The van der Waals surface area contributed by atoms with Crippen molar-refractivity contribution in [2.75, 3.05) is 32.8 Å². The molecule has 3 rings (SSSR count). The van der Waals surface area contributed by atoms with E-state index in [0.29, 0.717) is 17.7 Å². The highest BCUT2D eigenvalue weighted by molar-refractivity contribution is 7.89. The van der Waals surface area contributed by atoms with E-state index < -0.39 is 21.7 Å². The smallest absolute Gasteiger partial charge is 0.243 e. The molecular weight excluding hydrogens is 426 g/mol. The van der Waals surface area contributed by atoms with Crippen molar-refractivity contribution in [2.45, 2.75) is 31.1 Å². The van der Waals surface area contributed by atoms with Gasteiger partial charge in [-0.05, 0) is 41.8 Å². The molecule has 0 unspecified atom stereocenters. The first kappa shape index (κ1) is 23.1. The minimum absolute atomic E-state index is 0.0879. The van der Waals surface area contributed by atoms with Crippen molar-refractivity contribution in [2.24, 2.45) is 0 Å². The average molecular weight is 453 g/mol. The number of ether oxygens (including phenoxy) is 1. The van der Waals surface area contributed by atoms with Gasteiger partial charge in [0.15, 0.2) is 11.6 Å². The molecule has 0 atom stereocenters. The summed E-state index contributed by atoms with van der Waals surface area (Å²) >= 11 is 0. The lowest BCUT2D eigenvalue weighted by molar-refractivity contribution is -0.132. The molecule has 0 bridgehead atoms. The number of hydrogen-bond acceptors (Lipinski definition) is 4. The van der Waals surface area contributed by atoms with Crippen molar-refractivity contribution in [1.82, 2.24) is 9.21 Å². The summed E-state index contributed by atoms with van der Waals surface area (Å²) in [4.78, 5) is 13.7. The second-order valence-electron chi connectivity index (χ2n) is 7.68. The summed E-state index contributed by atoms with van der Waals surface area (Å²) in [6.45, 7) is 5.08. The molecule has 0 N–H and O–H groups in total. The first-order chi connectivity index (χ1) is 14.7. The summed E-state index contributed by atoms with van der Waals surface area (Å²) in [5, 5.41) is 0. The third-order valence-corrected chi connectivity index (χ3v) is 7.15. The van der Waals surface area contributed by atoms with Gasteiger partial charge in [0.1, 0.15) is 5.75 Å². The number of halogens is 2. The van der Waals surface area contributed by atoms with Crippen LogP contribution in [-0.2, 0) is 14.8 Å². The molecule has 31 heavy (non-hydrogen) atoms. The van der Waals surface area contributed by atoms with E-state index in [1.165, 1.54) is 9.87 Å². The summed E-state index contributed by atoms with van der Waals surface area (Å²) in [5.74, 6) is -1.32. The minimum Gasteiger partial charge on any atom is -0.493 e. The molecule has 2 aromatic rings. The fraction of sp³-hybridized carbons (Fsp3) is 0.409. The first-order valence-electron chi connectivity index (χ1n) is 10.1. The fourth-order valence-electron chi connectivity index (χ4n) is 3.33. The Bertz CT molecular complexity index is 1020. The summed E-state index contributed by atoms with van der Waals surface area (Å²) in [6, 6.07) is 10.2. The van der Waals surface area contributed by atoms with E-state index in [0.717, 1.165) is 12.1 Å². The molecule has 1 aliphatic heterocycles. The van der Waals surface area contributed by atoms with Crippen LogP contribution < -0.4 is 4.74 Å². The topological polar surface area (TPSA) is 66.9 Å². The van der Waals surface area contributed by atoms with Crippen molar-refractivity contribution in [3.8, 4) is 5.75 Å². The molecule has 0 aromatic heterocycles. The third-order valence-electron chi connectivity index (χ3n) is 5.25. The van der Waals surface area contributed by atoms with Gasteiger partial charge in [-0.1, -0.05) is 26.0 Å². The van der Waals surface area contributed by atoms with Gasteiger partial charge in [-0.3, -0.25) is 4.79 Å². The maximum Gasteiger partial charge on any atom is 0.243 e. The van der Waals surface area contributed by atoms with Crippen molar-refractivity contribution in [1.29, 1.82) is 0 Å². The van der Waals surface area contributed by atoms with Crippen molar-refractivity contribution < 1.29 is 26.7 Å². The van der Waals surface area contributed by atoms with Gasteiger partial charge in [-0.2, -0.15) is 4.31 Å². The highest BCUT2D eigenvalue weighted by atomic mass is 32.2. The minimum atomic E-state index is -3.95. The van der Waals surface area contributed by atoms with Crippen LogP contribution >= 0.6 is 0 Å². The highest BCUT2D eigenvalue weighted by Crippen LogP contribution is 2.21. The van der Waals surface area contributed by atoms with Crippen LogP contribution in [0.2, 0.25) is 0 Å². The van der Waals surface area contributed by atoms with Crippen LogP contribution in [0, 0.1) is 11.6 Å². The Morgan fingerprint density at radius 3 is 2.23 bits per heavy atom. The number of sulfonamides is 1. The molecule has 6 nitrogen and oxygen atoms in total. The normalized spacial score (nSPS) is 15.3. The zero-order valence-electron chi connectivity index (χ0n) is 17.6. The van der Waals surface area contributed by atoms with Crippen LogP contribution in [0.5, 0.6) is 5.75 Å². The van der Waals surface area contributed by atoms with Crippen molar-refractivity contribution >= 4 is 15.9 Å². The Morgan fingerprint density at radius 2 is 1.65 bits per heavy atom. The van der Waals surface area contributed by atoms with E-state index in [-0.39, 0.29) is 50.0 Å². The number of carbonyl (C=O) groups excluding carboxylic acids is 1. The van der Waals surface area contributed by atoms with Gasteiger partial charge in [0.05, 0.1) is 17.9 Å². The van der Waals surface area contributed by atoms with Crippen molar-refractivity contribution in [3.63, 3.8) is 0 Å². The van der Waals surface area contributed by atoms with Gasteiger partial charge in [0.2, 0.25) is 15.9 Å². The predicted octanol–water partition coefficient (Wildman–Crippen LogP) is 3.39. The lowest BCUT2D eigenvalue weighted by atomic mass is 10.0. The summed E-state index contributed by atoms with van der Waals surface area (Å²) in [6.07, 6.45) is 0.182. The predicted molar refractivity (Wildman–Crippen MR) is 112 cm³/mol. The van der Waals surface area contributed by atoms with Crippen molar-refractivity contribution in [3.05, 3.63) is 59.7 Å². The molecule has 1 aliphatic rings. The van der Waals surface area contributed by atoms with E-state index in [1.807, 2.05) is 24.3 Å². The molecular formula is C22H26F2N2O4S. The van der Waals surface area contributed by atoms with E-state index >= 15 is 0 Å². The number of amides is 1. The molecule has 168 valence electrons. The number of hydrogen-bond donors (Lipinski definition) is 0. The molecule has 1 fully saturated rings. The van der Waals surface area contributed by atoms with E-state index in [4.69, 9.17) is 4.74 Å². The molecule has 9 heteroatoms. The largest absolute Gasteiger partial charge is 0.493 e. The Kier molecular flexibility index (Phi) is 7.27. The number of piperazine rings is 1. The summed E-state index contributed by atoms with van der Waals surface area (Å²) in [5.41, 5.74) is 1.21. The van der Waals surface area contributed by atoms with Gasteiger partial charge in [0, 0.05) is 26.2 Å². The van der Waals surface area contributed by atoms with Crippen LogP contribution in [0.3, 0.4) is 0 Å². The molecule has 0 spiro atoms. The van der Waals surface area contributed by atoms with E-state index in [9.17, 15) is 22.0 Å². The van der Waals surface area contributed by atoms with Gasteiger partial charge in [-0.25, -0.2) is 17.2 Å². The second kappa shape index (κ2) is 9.74. The van der Waals surface area contributed by atoms with E-state index in [1.54, 1.807) is 4.90 Å². The van der Waals surface area contributed by atoms with Gasteiger partial charge in [0.25, 0.3) is 0 Å². The Balaban J connectivity index is 1.48. The Morgan fingerprint density at radius 1 is 1.00 bits per heavy atom. The highest BCUT2D eigenvalue weighted by Gasteiger charge is 2.30. The van der Waals surface area contributed by atoms with Gasteiger partial charge < -0.3 is 9.64 Å². The van der Waals surface area contributed by atoms with Crippen LogP contribution in [0.4, 0.5) is 8.78 Å². The van der Waals surface area contributed by atoms with Crippen LogP contribution in [0.15, 0.2) is 47.4 Å². The lowest BCUT2D eigenvalue weighted by Crippen LogP contribution is -2.50. The number of benzene rings is 2. The first-order valence-corrected chi connectivity index (χ1v) is 11.6. The summed E-state index contributed by atoms with van der Waals surface area (Å²) in [7, 11) is -3.95. The van der Waals surface area contributed by atoms with E-state index in [2.05, 4.69) is 13.8 Å². The quantitative estimate of drug-likeness (QED) is 0.646. The molecule has 1 saturated heterocycles. The molecule has 0 aliphatic carbocycles. The second-order valence-corrected chi connectivity index (χ2v) is 9.62. The Labute approximate surface area is 181 Å². The third kappa shape index (κ3) is 5.59.